The van der Waals surface area contributed by atoms with Crippen molar-refractivity contribution >= 4 is 0 Å². The molecule has 1 saturated carbocycles. The number of hydrogen-bond donors (Lipinski definition) is 0. The van der Waals surface area contributed by atoms with Gasteiger partial charge in [-0.3, -0.25) is 9.88 Å². The molecule has 0 amide bonds. The predicted octanol–water partition coefficient (Wildman–Crippen LogP) is 5.82. The van der Waals surface area contributed by atoms with Crippen molar-refractivity contribution in [3.05, 3.63) is 52.9 Å². The van der Waals surface area contributed by atoms with Gasteiger partial charge in [-0.2, -0.15) is 0 Å². The van der Waals surface area contributed by atoms with E-state index in [1.807, 2.05) is 6.20 Å². The minimum Gasteiger partial charge on any atom is -0.359 e. The Morgan fingerprint density at radius 1 is 0.943 bits per heavy atom. The number of allylic oxidation sites excluding steroid dienone is 1. The summed E-state index contributed by atoms with van der Waals surface area (Å²) in [6.45, 7) is 7.39. The Balaban J connectivity index is 1.11. The highest BCUT2D eigenvalue weighted by molar-refractivity contribution is 5.45. The van der Waals surface area contributed by atoms with Gasteiger partial charge in [0.05, 0.1) is 11.2 Å². The second kappa shape index (κ2) is 8.82. The van der Waals surface area contributed by atoms with Crippen LogP contribution in [0.25, 0.3) is 0 Å². The summed E-state index contributed by atoms with van der Waals surface area (Å²) in [6.07, 6.45) is 24.6. The minimum absolute atomic E-state index is 0.0359. The molecule has 5 atom stereocenters. The molecule has 0 radical (unpaired) electrons. The molecule has 6 aliphatic rings. The minimum atomic E-state index is -0.0380. The quantitative estimate of drug-likeness (QED) is 0.541. The molecule has 188 valence electrons. The Morgan fingerprint density at radius 3 is 2.77 bits per heavy atom. The number of nitrogens with zero attached hydrogens (tertiary/aromatic N) is 3. The topological polar surface area (TPSA) is 28.6 Å². The van der Waals surface area contributed by atoms with Crippen molar-refractivity contribution in [1.29, 1.82) is 0 Å². The van der Waals surface area contributed by atoms with Crippen LogP contribution in [0.3, 0.4) is 0 Å². The van der Waals surface area contributed by atoms with Gasteiger partial charge in [0.1, 0.15) is 0 Å². The van der Waals surface area contributed by atoms with Gasteiger partial charge in [-0.05, 0) is 124 Å². The summed E-state index contributed by atoms with van der Waals surface area (Å²) in [5, 5.41) is 0. The Labute approximate surface area is 211 Å². The van der Waals surface area contributed by atoms with E-state index in [0.717, 1.165) is 12.6 Å². The third-order valence-electron chi connectivity index (χ3n) is 10.8. The van der Waals surface area contributed by atoms with Crippen LogP contribution < -0.4 is 0 Å². The Kier molecular flexibility index (Phi) is 5.71. The molecule has 2 saturated heterocycles. The maximum atomic E-state index is 7.42. The molecule has 7 rings (SSSR count). The molecule has 0 N–H and O–H groups in total. The van der Waals surface area contributed by atoms with E-state index in [-0.39, 0.29) is 11.2 Å². The van der Waals surface area contributed by atoms with Gasteiger partial charge in [-0.1, -0.05) is 19.1 Å². The van der Waals surface area contributed by atoms with Crippen molar-refractivity contribution in [2.75, 3.05) is 19.6 Å². The molecule has 1 aromatic rings. The fourth-order valence-electron chi connectivity index (χ4n) is 8.70. The van der Waals surface area contributed by atoms with E-state index in [9.17, 15) is 0 Å². The van der Waals surface area contributed by atoms with E-state index >= 15 is 0 Å². The number of hydrogen-bond acceptors (Lipinski definition) is 4. The number of ether oxygens (including phenoxy) is 1. The van der Waals surface area contributed by atoms with Gasteiger partial charge in [0.25, 0.3) is 0 Å². The van der Waals surface area contributed by atoms with Gasteiger partial charge in [0, 0.05) is 37.6 Å². The van der Waals surface area contributed by atoms with Crippen LogP contribution in [-0.4, -0.2) is 57.7 Å². The van der Waals surface area contributed by atoms with Crippen LogP contribution in [0.2, 0.25) is 0 Å². The van der Waals surface area contributed by atoms with E-state index in [0.29, 0.717) is 12.0 Å². The highest BCUT2D eigenvalue weighted by Gasteiger charge is 2.59. The number of fused-ring (bicyclic) bond motifs is 1. The molecular formula is C31H43N3O. The van der Waals surface area contributed by atoms with Crippen molar-refractivity contribution < 1.29 is 4.74 Å². The van der Waals surface area contributed by atoms with E-state index in [4.69, 9.17) is 4.74 Å². The first-order chi connectivity index (χ1) is 17.2. The fourth-order valence-corrected chi connectivity index (χ4v) is 8.70. The molecule has 1 aromatic heterocycles. The van der Waals surface area contributed by atoms with Gasteiger partial charge in [0.15, 0.2) is 0 Å². The van der Waals surface area contributed by atoms with Gasteiger partial charge in [-0.15, -0.1) is 0 Å². The maximum absolute atomic E-state index is 7.42. The summed E-state index contributed by atoms with van der Waals surface area (Å²) in [6, 6.07) is 3.63. The zero-order valence-electron chi connectivity index (χ0n) is 21.7. The number of aromatic nitrogens is 1. The molecule has 2 aliphatic carbocycles. The summed E-state index contributed by atoms with van der Waals surface area (Å²) < 4.78 is 7.42. The number of rotatable bonds is 2. The van der Waals surface area contributed by atoms with Crippen LogP contribution >= 0.6 is 0 Å². The average molecular weight is 474 g/mol. The number of pyridine rings is 1. The fraction of sp³-hybridized carbons (Fsp3) is 0.710. The lowest BCUT2D eigenvalue weighted by atomic mass is 9.74. The maximum Gasteiger partial charge on any atom is 0.0966 e. The van der Waals surface area contributed by atoms with Crippen molar-refractivity contribution in [3.63, 3.8) is 0 Å². The van der Waals surface area contributed by atoms with Gasteiger partial charge < -0.3 is 9.64 Å². The standard InChI is InChI=1S/C31H43N3O/c1-23-7-9-28(34-18-12-24-11-15-32-21-25(24)22-34)6-4-5-27-19-26-8-10-29(33-16-2-3-17-33)20-30(26)13-14-31(23,27)35-30/h5,11,15,19,21,23,28-29H,2-4,6-10,12-14,16-18,20,22H2,1H3/b27-5-/t23-,28?,29?,30+,31-/m0/s1. The second-order valence-electron chi connectivity index (χ2n) is 12.5. The molecule has 2 bridgehead atoms. The summed E-state index contributed by atoms with van der Waals surface area (Å²) >= 11 is 0. The Morgan fingerprint density at radius 2 is 1.86 bits per heavy atom. The van der Waals surface area contributed by atoms with Crippen LogP contribution in [0.1, 0.15) is 88.7 Å². The van der Waals surface area contributed by atoms with E-state index in [2.05, 4.69) is 46.1 Å². The van der Waals surface area contributed by atoms with Gasteiger partial charge >= 0.3 is 0 Å². The molecule has 4 heteroatoms. The highest BCUT2D eigenvalue weighted by Crippen LogP contribution is 2.59. The smallest absolute Gasteiger partial charge is 0.0966 e. The molecule has 2 spiro atoms. The summed E-state index contributed by atoms with van der Waals surface area (Å²) in [5.74, 6) is 0.581. The SMILES string of the molecule is C[C@H]1CCC(N2CCc3ccncc3C2)CC/C=C2/C=C3CCC(N4CCCC4)C[C@]34CC[C@@]21O4. The number of likely N-dealkylation sites (tertiary alicyclic amines) is 1. The van der Waals surface area contributed by atoms with E-state index in [1.165, 1.54) is 108 Å². The zero-order valence-corrected chi connectivity index (χ0v) is 21.7. The highest BCUT2D eigenvalue weighted by atomic mass is 16.5. The normalized spacial score (nSPS) is 41.5. The molecule has 2 unspecified atom stereocenters. The first-order valence-corrected chi connectivity index (χ1v) is 14.7. The third-order valence-corrected chi connectivity index (χ3v) is 10.8. The summed E-state index contributed by atoms with van der Waals surface area (Å²) in [7, 11) is 0. The van der Waals surface area contributed by atoms with Crippen LogP contribution in [0.5, 0.6) is 0 Å². The lowest BCUT2D eigenvalue weighted by Crippen LogP contribution is -2.51. The Bertz CT molecular complexity index is 1030. The molecular weight excluding hydrogens is 430 g/mol. The molecule has 5 heterocycles. The lowest BCUT2D eigenvalue weighted by molar-refractivity contribution is -0.116. The second-order valence-corrected chi connectivity index (χ2v) is 12.5. The largest absolute Gasteiger partial charge is 0.359 e. The lowest BCUT2D eigenvalue weighted by Gasteiger charge is -2.49. The average Bonchev–Trinajstić information content (AvgIpc) is 3.54. The van der Waals surface area contributed by atoms with Gasteiger partial charge in [-0.25, -0.2) is 0 Å². The van der Waals surface area contributed by atoms with E-state index in [1.54, 1.807) is 11.1 Å². The van der Waals surface area contributed by atoms with Crippen molar-refractivity contribution in [2.24, 2.45) is 5.92 Å². The first kappa shape index (κ1) is 22.7. The van der Waals surface area contributed by atoms with Crippen LogP contribution in [-0.2, 0) is 17.7 Å². The summed E-state index contributed by atoms with van der Waals surface area (Å²) in [4.78, 5) is 9.96. The molecule has 4 nitrogen and oxygen atoms in total. The summed E-state index contributed by atoms with van der Waals surface area (Å²) in [5.41, 5.74) is 6.13. The van der Waals surface area contributed by atoms with Crippen molar-refractivity contribution in [3.8, 4) is 0 Å². The van der Waals surface area contributed by atoms with Crippen LogP contribution in [0, 0.1) is 5.92 Å². The monoisotopic (exact) mass is 473 g/mol. The van der Waals surface area contributed by atoms with Crippen LogP contribution in [0.4, 0.5) is 0 Å². The Hall–Kier alpha value is -1.49. The molecule has 4 aliphatic heterocycles. The first-order valence-electron chi connectivity index (χ1n) is 14.7. The molecule has 0 aromatic carbocycles. The van der Waals surface area contributed by atoms with Crippen molar-refractivity contribution in [1.82, 2.24) is 14.8 Å². The third kappa shape index (κ3) is 3.78. The predicted molar refractivity (Wildman–Crippen MR) is 140 cm³/mol. The molecule has 35 heavy (non-hydrogen) atoms. The molecule has 3 fully saturated rings. The van der Waals surface area contributed by atoms with Gasteiger partial charge in [0.2, 0.25) is 0 Å². The van der Waals surface area contributed by atoms with E-state index < -0.39 is 0 Å². The zero-order chi connectivity index (χ0) is 23.5. The van der Waals surface area contributed by atoms with Crippen LogP contribution in [0.15, 0.2) is 41.8 Å². The van der Waals surface area contributed by atoms with Crippen molar-refractivity contribution in [2.45, 2.75) is 114 Å².